The average Bonchev–Trinajstić information content (AvgIpc) is 2.42. The van der Waals surface area contributed by atoms with Crippen molar-refractivity contribution in [3.63, 3.8) is 0 Å². The molecule has 0 aromatic heterocycles. The third-order valence-electron chi connectivity index (χ3n) is 3.50. The number of halogens is 1. The number of alkyl halides is 1. The van der Waals surface area contributed by atoms with E-state index in [2.05, 4.69) is 24.1 Å². The highest BCUT2D eigenvalue weighted by Crippen LogP contribution is 2.13. The zero-order chi connectivity index (χ0) is 14.3. The lowest BCUT2D eigenvalue weighted by atomic mass is 10.0. The van der Waals surface area contributed by atoms with Gasteiger partial charge in [0.1, 0.15) is 0 Å². The molecule has 1 saturated heterocycles. The van der Waals surface area contributed by atoms with Gasteiger partial charge in [-0.3, -0.25) is 9.69 Å². The van der Waals surface area contributed by atoms with E-state index in [0.29, 0.717) is 24.4 Å². The largest absolute Gasteiger partial charge is 0.379 e. The van der Waals surface area contributed by atoms with Gasteiger partial charge in [0.25, 0.3) is 0 Å². The lowest BCUT2D eigenvalue weighted by Crippen LogP contribution is -2.49. The Balaban J connectivity index is 2.46. The first-order valence-electron chi connectivity index (χ1n) is 7.20. The van der Waals surface area contributed by atoms with Crippen LogP contribution in [0.15, 0.2) is 0 Å². The number of hydrogen-bond acceptors (Lipinski definition) is 3. The van der Waals surface area contributed by atoms with Gasteiger partial charge in [-0.25, -0.2) is 0 Å². The molecule has 1 rings (SSSR count). The van der Waals surface area contributed by atoms with Crippen molar-refractivity contribution >= 4 is 17.5 Å². The summed E-state index contributed by atoms with van der Waals surface area (Å²) in [5.74, 6) is 0.927. The van der Waals surface area contributed by atoms with E-state index in [1.165, 1.54) is 0 Å². The first-order chi connectivity index (χ1) is 9.04. The Bertz CT molecular complexity index is 268. The van der Waals surface area contributed by atoms with Crippen molar-refractivity contribution in [1.29, 1.82) is 0 Å². The van der Waals surface area contributed by atoms with Crippen LogP contribution < -0.4 is 5.32 Å². The third kappa shape index (κ3) is 6.11. The van der Waals surface area contributed by atoms with Crippen molar-refractivity contribution in [2.75, 3.05) is 38.7 Å². The van der Waals surface area contributed by atoms with Gasteiger partial charge >= 0.3 is 0 Å². The van der Waals surface area contributed by atoms with E-state index < -0.39 is 0 Å². The minimum atomic E-state index is -0.119. The topological polar surface area (TPSA) is 41.6 Å². The van der Waals surface area contributed by atoms with Crippen molar-refractivity contribution in [2.45, 2.75) is 33.2 Å². The maximum atomic E-state index is 11.8. The molecule has 5 heteroatoms. The van der Waals surface area contributed by atoms with Crippen LogP contribution in [-0.2, 0) is 9.53 Å². The second-order valence-electron chi connectivity index (χ2n) is 5.73. The van der Waals surface area contributed by atoms with Crippen LogP contribution >= 0.6 is 11.6 Å². The molecule has 0 radical (unpaired) electrons. The minimum absolute atomic E-state index is 0.0528. The van der Waals surface area contributed by atoms with Crippen LogP contribution in [0.2, 0.25) is 0 Å². The van der Waals surface area contributed by atoms with E-state index in [4.69, 9.17) is 16.3 Å². The quantitative estimate of drug-likeness (QED) is 0.726. The Kier molecular flexibility index (Phi) is 7.73. The van der Waals surface area contributed by atoms with E-state index in [0.717, 1.165) is 32.7 Å². The SMILES string of the molecule is CC(C)CC(CNC(=O)C(C)CCl)N1CCOCC1. The molecule has 0 saturated carbocycles. The summed E-state index contributed by atoms with van der Waals surface area (Å²) < 4.78 is 5.39. The highest BCUT2D eigenvalue weighted by molar-refractivity contribution is 6.19. The molecule has 0 aromatic carbocycles. The summed E-state index contributed by atoms with van der Waals surface area (Å²) >= 11 is 5.71. The monoisotopic (exact) mass is 290 g/mol. The highest BCUT2D eigenvalue weighted by atomic mass is 35.5. The van der Waals surface area contributed by atoms with Crippen molar-refractivity contribution < 1.29 is 9.53 Å². The van der Waals surface area contributed by atoms with Crippen LogP contribution in [0.1, 0.15) is 27.2 Å². The van der Waals surface area contributed by atoms with E-state index >= 15 is 0 Å². The first-order valence-corrected chi connectivity index (χ1v) is 7.73. The van der Waals surface area contributed by atoms with Crippen LogP contribution in [0.4, 0.5) is 0 Å². The van der Waals surface area contributed by atoms with E-state index in [-0.39, 0.29) is 11.8 Å². The minimum Gasteiger partial charge on any atom is -0.379 e. The van der Waals surface area contributed by atoms with Gasteiger partial charge in [0, 0.05) is 37.5 Å². The zero-order valence-corrected chi connectivity index (χ0v) is 13.1. The number of rotatable bonds is 7. The Morgan fingerprint density at radius 1 is 1.32 bits per heavy atom. The fourth-order valence-corrected chi connectivity index (χ4v) is 2.45. The molecular weight excluding hydrogens is 264 g/mol. The van der Waals surface area contributed by atoms with Gasteiger partial charge in [0.2, 0.25) is 5.91 Å². The summed E-state index contributed by atoms with van der Waals surface area (Å²) in [4.78, 5) is 14.2. The smallest absolute Gasteiger partial charge is 0.224 e. The molecule has 1 amide bonds. The third-order valence-corrected chi connectivity index (χ3v) is 3.96. The molecule has 1 aliphatic heterocycles. The number of carbonyl (C=O) groups is 1. The Morgan fingerprint density at radius 2 is 1.95 bits per heavy atom. The Labute approximate surface area is 121 Å². The van der Waals surface area contributed by atoms with Crippen LogP contribution in [0.3, 0.4) is 0 Å². The summed E-state index contributed by atoms with van der Waals surface area (Å²) in [5, 5.41) is 3.03. The van der Waals surface area contributed by atoms with Gasteiger partial charge in [0.05, 0.1) is 13.2 Å². The van der Waals surface area contributed by atoms with Crippen molar-refractivity contribution in [2.24, 2.45) is 11.8 Å². The van der Waals surface area contributed by atoms with Crippen LogP contribution in [-0.4, -0.2) is 55.6 Å². The number of amides is 1. The van der Waals surface area contributed by atoms with Crippen LogP contribution in [0, 0.1) is 11.8 Å². The standard InChI is InChI=1S/C14H27ClN2O2/c1-11(2)8-13(17-4-6-19-7-5-17)10-16-14(18)12(3)9-15/h11-13H,4-10H2,1-3H3,(H,16,18). The fourth-order valence-electron chi connectivity index (χ4n) is 2.31. The summed E-state index contributed by atoms with van der Waals surface area (Å²) in [6.07, 6.45) is 1.09. The van der Waals surface area contributed by atoms with E-state index in [1.54, 1.807) is 0 Å². The summed E-state index contributed by atoms with van der Waals surface area (Å²) in [6, 6.07) is 0.398. The van der Waals surface area contributed by atoms with Gasteiger partial charge in [0.15, 0.2) is 0 Å². The van der Waals surface area contributed by atoms with Crippen molar-refractivity contribution in [3.05, 3.63) is 0 Å². The fraction of sp³-hybridized carbons (Fsp3) is 0.929. The molecule has 1 aliphatic rings. The van der Waals surface area contributed by atoms with Crippen molar-refractivity contribution in [3.8, 4) is 0 Å². The lowest BCUT2D eigenvalue weighted by molar-refractivity contribution is -0.124. The predicted molar refractivity (Wildman–Crippen MR) is 78.5 cm³/mol. The normalized spacial score (nSPS) is 20.3. The molecule has 0 bridgehead atoms. The second-order valence-corrected chi connectivity index (χ2v) is 6.04. The highest BCUT2D eigenvalue weighted by Gasteiger charge is 2.23. The maximum Gasteiger partial charge on any atom is 0.224 e. The molecular formula is C14H27ClN2O2. The molecule has 4 nitrogen and oxygen atoms in total. The number of hydrogen-bond donors (Lipinski definition) is 1. The molecule has 0 aliphatic carbocycles. The summed E-state index contributed by atoms with van der Waals surface area (Å²) in [5.41, 5.74) is 0. The van der Waals surface area contributed by atoms with Gasteiger partial charge in [-0.05, 0) is 12.3 Å². The number of carbonyl (C=O) groups excluding carboxylic acids is 1. The number of morpholine rings is 1. The maximum absolute atomic E-state index is 11.8. The van der Waals surface area contributed by atoms with Gasteiger partial charge < -0.3 is 10.1 Å². The van der Waals surface area contributed by atoms with Gasteiger partial charge in [-0.15, -0.1) is 11.6 Å². The first kappa shape index (κ1) is 16.7. The molecule has 2 atom stereocenters. The van der Waals surface area contributed by atoms with Crippen LogP contribution in [0.25, 0.3) is 0 Å². The molecule has 19 heavy (non-hydrogen) atoms. The molecule has 0 aromatic rings. The lowest BCUT2D eigenvalue weighted by Gasteiger charge is -2.35. The number of nitrogens with one attached hydrogen (secondary N) is 1. The molecule has 0 spiro atoms. The average molecular weight is 291 g/mol. The Morgan fingerprint density at radius 3 is 2.47 bits per heavy atom. The number of ether oxygens (including phenoxy) is 1. The predicted octanol–water partition coefficient (Wildman–Crippen LogP) is 1.72. The van der Waals surface area contributed by atoms with Gasteiger partial charge in [-0.2, -0.15) is 0 Å². The molecule has 1 N–H and O–H groups in total. The summed E-state index contributed by atoms with van der Waals surface area (Å²) in [6.45, 7) is 10.5. The molecule has 1 fully saturated rings. The molecule has 112 valence electrons. The van der Waals surface area contributed by atoms with Crippen LogP contribution in [0.5, 0.6) is 0 Å². The van der Waals surface area contributed by atoms with E-state index in [1.807, 2.05) is 6.92 Å². The Hall–Kier alpha value is -0.320. The second kappa shape index (κ2) is 8.77. The van der Waals surface area contributed by atoms with E-state index in [9.17, 15) is 4.79 Å². The molecule has 2 unspecified atom stereocenters. The number of nitrogens with zero attached hydrogens (tertiary/aromatic N) is 1. The van der Waals surface area contributed by atoms with Gasteiger partial charge in [-0.1, -0.05) is 20.8 Å². The van der Waals surface area contributed by atoms with Crippen molar-refractivity contribution in [1.82, 2.24) is 10.2 Å². The molecule has 1 heterocycles. The summed E-state index contributed by atoms with van der Waals surface area (Å²) in [7, 11) is 0. The zero-order valence-electron chi connectivity index (χ0n) is 12.3.